The zero-order chi connectivity index (χ0) is 14.4. The summed E-state index contributed by atoms with van der Waals surface area (Å²) in [6.07, 6.45) is 9.07. The normalized spacial score (nSPS) is 13.4. The van der Waals surface area contributed by atoms with Gasteiger partial charge in [-0.3, -0.25) is 0 Å². The molecule has 0 bridgehead atoms. The van der Waals surface area contributed by atoms with E-state index >= 15 is 0 Å². The summed E-state index contributed by atoms with van der Waals surface area (Å²) in [5.74, 6) is 0. The first kappa shape index (κ1) is 19.7. The van der Waals surface area contributed by atoms with Crippen molar-refractivity contribution in [2.75, 3.05) is 0 Å². The van der Waals surface area contributed by atoms with Crippen molar-refractivity contribution in [3.8, 4) is 11.1 Å². The zero-order valence-corrected chi connectivity index (χ0v) is 19.2. The third-order valence-corrected chi connectivity index (χ3v) is 9.82. The third kappa shape index (κ3) is 3.80. The molecule has 2 aliphatic carbocycles. The van der Waals surface area contributed by atoms with Crippen LogP contribution in [0.2, 0.25) is 0 Å². The van der Waals surface area contributed by atoms with Crippen molar-refractivity contribution in [2.24, 2.45) is 0 Å². The molecule has 0 radical (unpaired) electrons. The average molecular weight is 550 g/mol. The van der Waals surface area contributed by atoms with Crippen LogP contribution >= 0.6 is 31.9 Å². The largest absolute Gasteiger partial charge is 1.00 e. The van der Waals surface area contributed by atoms with E-state index in [1.54, 1.807) is 12.1 Å². The molecule has 5 heteroatoms. The van der Waals surface area contributed by atoms with Crippen molar-refractivity contribution >= 4 is 35.1 Å². The van der Waals surface area contributed by atoms with Crippen LogP contribution in [-0.4, -0.2) is 0 Å². The molecule has 0 amide bonds. The summed E-state index contributed by atoms with van der Waals surface area (Å²) < 4.78 is 5.79. The van der Waals surface area contributed by atoms with Crippen LogP contribution in [0.4, 0.5) is 0 Å². The van der Waals surface area contributed by atoms with Crippen LogP contribution in [0.15, 0.2) is 60.8 Å². The van der Waals surface area contributed by atoms with E-state index in [2.05, 4.69) is 80.4 Å². The number of halogens is 4. The summed E-state index contributed by atoms with van der Waals surface area (Å²) >= 11 is 6.71. The molecule has 0 spiro atoms. The van der Waals surface area contributed by atoms with E-state index in [1.165, 1.54) is 32.1 Å². The van der Waals surface area contributed by atoms with Crippen molar-refractivity contribution < 1.29 is 48.0 Å². The number of fused-ring (bicyclic) bond motifs is 3. The van der Waals surface area contributed by atoms with E-state index < -0.39 is 23.2 Å². The molecule has 0 unspecified atom stereocenters. The fourth-order valence-electron chi connectivity index (χ4n) is 3.05. The molecule has 0 saturated heterocycles. The van der Waals surface area contributed by atoms with Gasteiger partial charge < -0.3 is 24.8 Å². The number of benzene rings is 2. The first-order valence-electron chi connectivity index (χ1n) is 6.95. The quantitative estimate of drug-likeness (QED) is 0.398. The van der Waals surface area contributed by atoms with Crippen molar-refractivity contribution in [1.82, 2.24) is 0 Å². The second-order valence-electron chi connectivity index (χ2n) is 5.38. The number of allylic oxidation sites excluding steroid dienone is 4. The van der Waals surface area contributed by atoms with Crippen LogP contribution in [0.5, 0.6) is 0 Å². The van der Waals surface area contributed by atoms with Gasteiger partial charge in [0.2, 0.25) is 0 Å². The molecule has 0 aromatic heterocycles. The molecule has 0 fully saturated rings. The first-order chi connectivity index (χ1) is 10.2. The van der Waals surface area contributed by atoms with Crippen LogP contribution < -0.4 is 28.1 Å². The molecule has 0 atom stereocenters. The molecule has 0 aliphatic heterocycles. The standard InChI is InChI=1S/C13H7Br2.C5H5.2ClH.Zr/c14-10-1-3-12-8(6-10)5-9-7-11(15)2-4-13(9)12;1-2-4-5-3-1;;;/h1-4,6H,5H2;1-3H,4H2;2*1H;/q;;;;+2/p-2. The Bertz CT molecular complexity index is 813. The first-order valence-corrected chi connectivity index (χ1v) is 11.0. The topological polar surface area (TPSA) is 0 Å². The molecule has 2 aromatic rings. The summed E-state index contributed by atoms with van der Waals surface area (Å²) in [5.41, 5.74) is 5.89. The van der Waals surface area contributed by atoms with Gasteiger partial charge in [-0.2, -0.15) is 0 Å². The van der Waals surface area contributed by atoms with Gasteiger partial charge in [-0.25, -0.2) is 0 Å². The Morgan fingerprint density at radius 3 is 2.48 bits per heavy atom. The van der Waals surface area contributed by atoms with Gasteiger partial charge in [0.05, 0.1) is 0 Å². The second kappa shape index (κ2) is 8.15. The van der Waals surface area contributed by atoms with E-state index in [0.29, 0.717) is 0 Å². The number of hydrogen-bond acceptors (Lipinski definition) is 0. The predicted molar refractivity (Wildman–Crippen MR) is 91.6 cm³/mol. The number of rotatable bonds is 2. The maximum Gasteiger partial charge on any atom is -1.00 e. The van der Waals surface area contributed by atoms with Gasteiger partial charge in [0.25, 0.3) is 0 Å². The van der Waals surface area contributed by atoms with Gasteiger partial charge in [-0.05, 0) is 0 Å². The van der Waals surface area contributed by atoms with Crippen molar-refractivity contribution in [1.29, 1.82) is 0 Å². The average Bonchev–Trinajstić information content (AvgIpc) is 3.08. The maximum atomic E-state index is 3.80. The SMILES string of the molecule is Brc1ccc2c(c1)Cc1c-2ccc(Br)[c]1[Zr+2][C]1=CC=CC1.[Cl-].[Cl-]. The Hall–Kier alpha value is 0.343. The van der Waals surface area contributed by atoms with E-state index in [-0.39, 0.29) is 24.8 Å². The molecular formula is C18H12Br2Cl2Zr. The Morgan fingerprint density at radius 1 is 0.957 bits per heavy atom. The summed E-state index contributed by atoms with van der Waals surface area (Å²) in [5, 5.41) is 0. The maximum absolute atomic E-state index is 3.80. The fraction of sp³-hybridized carbons (Fsp3) is 0.111. The third-order valence-electron chi connectivity index (χ3n) is 4.04. The minimum Gasteiger partial charge on any atom is -1.00 e. The molecule has 0 N–H and O–H groups in total. The molecule has 116 valence electrons. The van der Waals surface area contributed by atoms with E-state index in [0.717, 1.165) is 6.42 Å². The van der Waals surface area contributed by atoms with E-state index in [1.807, 2.05) is 0 Å². The Morgan fingerprint density at radius 2 is 1.74 bits per heavy atom. The molecule has 0 saturated carbocycles. The molecule has 2 aliphatic rings. The second-order valence-corrected chi connectivity index (χ2v) is 10.6. The summed E-state index contributed by atoms with van der Waals surface area (Å²) in [7, 11) is 0. The summed E-state index contributed by atoms with van der Waals surface area (Å²) in [6.45, 7) is 0. The summed E-state index contributed by atoms with van der Waals surface area (Å²) in [4.78, 5) is 0. The predicted octanol–water partition coefficient (Wildman–Crippen LogP) is -0.658. The van der Waals surface area contributed by atoms with Crippen LogP contribution in [0, 0.1) is 0 Å². The van der Waals surface area contributed by atoms with Crippen molar-refractivity contribution in [2.45, 2.75) is 12.8 Å². The molecule has 0 nitrogen and oxygen atoms in total. The van der Waals surface area contributed by atoms with Crippen molar-refractivity contribution in [3.63, 3.8) is 0 Å². The minimum absolute atomic E-state index is 0. The monoisotopic (exact) mass is 546 g/mol. The Balaban J connectivity index is 0.000000960. The van der Waals surface area contributed by atoms with Gasteiger partial charge in [0.15, 0.2) is 0 Å². The Labute approximate surface area is 177 Å². The van der Waals surface area contributed by atoms with Crippen LogP contribution in [0.1, 0.15) is 17.5 Å². The van der Waals surface area contributed by atoms with Crippen LogP contribution in [0.25, 0.3) is 11.1 Å². The van der Waals surface area contributed by atoms with Crippen LogP contribution in [-0.2, 0) is 29.7 Å². The van der Waals surface area contributed by atoms with Gasteiger partial charge >= 0.3 is 154 Å². The molecular weight excluding hydrogens is 538 g/mol. The number of hydrogen-bond donors (Lipinski definition) is 0. The smallest absolute Gasteiger partial charge is 1.00 e. The van der Waals surface area contributed by atoms with Crippen molar-refractivity contribution in [3.05, 3.63) is 71.9 Å². The van der Waals surface area contributed by atoms with Gasteiger partial charge in [-0.1, -0.05) is 0 Å². The van der Waals surface area contributed by atoms with Crippen LogP contribution in [0.3, 0.4) is 0 Å². The van der Waals surface area contributed by atoms with Gasteiger partial charge in [0.1, 0.15) is 0 Å². The van der Waals surface area contributed by atoms with Gasteiger partial charge in [0, 0.05) is 0 Å². The van der Waals surface area contributed by atoms with E-state index in [9.17, 15) is 0 Å². The molecule has 4 rings (SSSR count). The Kier molecular flexibility index (Phi) is 6.97. The molecule has 2 aromatic carbocycles. The fourth-order valence-corrected chi connectivity index (χ4v) is 7.61. The molecule has 23 heavy (non-hydrogen) atoms. The van der Waals surface area contributed by atoms with E-state index in [4.69, 9.17) is 0 Å². The van der Waals surface area contributed by atoms with Gasteiger partial charge in [-0.15, -0.1) is 0 Å². The minimum atomic E-state index is -0.687. The zero-order valence-electron chi connectivity index (χ0n) is 12.0. The molecule has 0 heterocycles. The summed E-state index contributed by atoms with van der Waals surface area (Å²) in [6, 6.07) is 11.2.